The Morgan fingerprint density at radius 1 is 1.10 bits per heavy atom. The average molecular weight is 448 g/mol. The van der Waals surface area contributed by atoms with E-state index < -0.39 is 12.3 Å². The van der Waals surface area contributed by atoms with E-state index in [0.717, 1.165) is 34.3 Å². The Hall–Kier alpha value is -3.53. The third-order valence-electron chi connectivity index (χ3n) is 4.49. The number of aromatic carboxylic acids is 1. The van der Waals surface area contributed by atoms with Gasteiger partial charge >= 0.3 is 12.3 Å². The van der Waals surface area contributed by atoms with Crippen LogP contribution in [0.3, 0.4) is 0 Å². The maximum atomic E-state index is 12.2. The quantitative estimate of drug-likeness (QED) is 0.408. The Kier molecular flexibility index (Phi) is 5.55. The molecule has 160 valence electrons. The molecule has 0 spiro atoms. The summed E-state index contributed by atoms with van der Waals surface area (Å²) in [6.45, 7) is 0.360. The minimum atomic E-state index is -4.76. The molecule has 2 aromatic carbocycles. The molecule has 6 nitrogen and oxygen atoms in total. The van der Waals surface area contributed by atoms with Crippen molar-refractivity contribution in [2.45, 2.75) is 12.9 Å². The highest BCUT2D eigenvalue weighted by Gasteiger charge is 2.31. The van der Waals surface area contributed by atoms with Crippen molar-refractivity contribution >= 4 is 28.2 Å². The first-order chi connectivity index (χ1) is 14.8. The van der Waals surface area contributed by atoms with Gasteiger partial charge in [-0.2, -0.15) is 0 Å². The molecule has 0 aliphatic rings. The summed E-state index contributed by atoms with van der Waals surface area (Å²) in [6, 6.07) is 12.2. The van der Waals surface area contributed by atoms with Gasteiger partial charge in [0.2, 0.25) is 0 Å². The summed E-state index contributed by atoms with van der Waals surface area (Å²) in [6.07, 6.45) is -4.76. The normalized spacial score (nSPS) is 11.6. The number of carbonyl (C=O) groups is 1. The minimum absolute atomic E-state index is 0.114. The van der Waals surface area contributed by atoms with Gasteiger partial charge in [-0.3, -0.25) is 0 Å². The highest BCUT2D eigenvalue weighted by molar-refractivity contribution is 7.07. The van der Waals surface area contributed by atoms with Crippen LogP contribution in [0.4, 0.5) is 13.2 Å². The number of carboxylic acid groups (broad SMARTS) is 1. The number of rotatable bonds is 7. The van der Waals surface area contributed by atoms with Gasteiger partial charge in [0, 0.05) is 21.8 Å². The monoisotopic (exact) mass is 448 g/mol. The predicted octanol–water partition coefficient (Wildman–Crippen LogP) is 5.44. The standard InChI is InChI=1S/C21H15F3N2O4S/c22-21(23,24)30-16-4-2-15(3-5-16)29-8-7-26-18-6-1-13(17-11-31-12-25-17)9-14(18)10-19(26)20(27)28/h1-6,9-12H,7-8H2,(H,27,28). The first kappa shape index (κ1) is 20.7. The van der Waals surface area contributed by atoms with E-state index in [-0.39, 0.29) is 24.6 Å². The number of nitrogens with zero attached hydrogens (tertiary/aromatic N) is 2. The second kappa shape index (κ2) is 8.31. The van der Waals surface area contributed by atoms with Gasteiger partial charge in [-0.25, -0.2) is 9.78 Å². The van der Waals surface area contributed by atoms with E-state index in [1.54, 1.807) is 16.1 Å². The molecule has 4 rings (SSSR count). The third kappa shape index (κ3) is 4.80. The predicted molar refractivity (Wildman–Crippen MR) is 109 cm³/mol. The Bertz CT molecular complexity index is 1200. The molecule has 10 heteroatoms. The summed E-state index contributed by atoms with van der Waals surface area (Å²) in [7, 11) is 0. The molecule has 0 fully saturated rings. The van der Waals surface area contributed by atoms with E-state index in [1.165, 1.54) is 23.5 Å². The van der Waals surface area contributed by atoms with Gasteiger partial charge in [-0.05, 0) is 42.5 Å². The van der Waals surface area contributed by atoms with Crippen LogP contribution in [0.1, 0.15) is 10.5 Å². The van der Waals surface area contributed by atoms with Crippen molar-refractivity contribution in [1.29, 1.82) is 0 Å². The second-order valence-corrected chi connectivity index (χ2v) is 7.22. The number of ether oxygens (including phenoxy) is 2. The molecule has 2 heterocycles. The summed E-state index contributed by atoms with van der Waals surface area (Å²) < 4.78 is 47.7. The van der Waals surface area contributed by atoms with Crippen molar-refractivity contribution < 1.29 is 32.5 Å². The summed E-state index contributed by atoms with van der Waals surface area (Å²) >= 11 is 1.48. The smallest absolute Gasteiger partial charge is 0.492 e. The molecule has 0 saturated heterocycles. The topological polar surface area (TPSA) is 73.6 Å². The molecule has 0 bridgehead atoms. The zero-order valence-electron chi connectivity index (χ0n) is 15.8. The minimum Gasteiger partial charge on any atom is -0.492 e. The van der Waals surface area contributed by atoms with E-state index in [9.17, 15) is 23.1 Å². The lowest BCUT2D eigenvalue weighted by Crippen LogP contribution is -2.17. The summed E-state index contributed by atoms with van der Waals surface area (Å²) in [5, 5.41) is 12.3. The maximum Gasteiger partial charge on any atom is 0.573 e. The van der Waals surface area contributed by atoms with Crippen molar-refractivity contribution in [3.8, 4) is 22.8 Å². The van der Waals surface area contributed by atoms with Gasteiger partial charge in [0.15, 0.2) is 0 Å². The van der Waals surface area contributed by atoms with Crippen LogP contribution in [-0.2, 0) is 6.54 Å². The molecule has 0 radical (unpaired) electrons. The molecule has 0 atom stereocenters. The number of benzene rings is 2. The Morgan fingerprint density at radius 3 is 2.48 bits per heavy atom. The van der Waals surface area contributed by atoms with Crippen molar-refractivity contribution in [1.82, 2.24) is 9.55 Å². The molecular weight excluding hydrogens is 433 g/mol. The Balaban J connectivity index is 1.50. The fraction of sp³-hybridized carbons (Fsp3) is 0.143. The molecule has 1 N–H and O–H groups in total. The zero-order valence-corrected chi connectivity index (χ0v) is 16.6. The van der Waals surface area contributed by atoms with Crippen LogP contribution in [0.25, 0.3) is 22.2 Å². The fourth-order valence-corrected chi connectivity index (χ4v) is 3.76. The van der Waals surface area contributed by atoms with Crippen molar-refractivity contribution in [3.05, 3.63) is 65.1 Å². The van der Waals surface area contributed by atoms with E-state index >= 15 is 0 Å². The number of halogens is 3. The Morgan fingerprint density at radius 2 is 1.84 bits per heavy atom. The lowest BCUT2D eigenvalue weighted by molar-refractivity contribution is -0.274. The highest BCUT2D eigenvalue weighted by atomic mass is 32.1. The first-order valence-corrected chi connectivity index (χ1v) is 9.98. The second-order valence-electron chi connectivity index (χ2n) is 6.50. The molecule has 31 heavy (non-hydrogen) atoms. The van der Waals surface area contributed by atoms with Crippen LogP contribution >= 0.6 is 11.3 Å². The third-order valence-corrected chi connectivity index (χ3v) is 5.08. The lowest BCUT2D eigenvalue weighted by Gasteiger charge is -2.12. The number of alkyl halides is 3. The van der Waals surface area contributed by atoms with Crippen LogP contribution in [0.15, 0.2) is 59.4 Å². The van der Waals surface area contributed by atoms with E-state index in [4.69, 9.17) is 4.74 Å². The van der Waals surface area contributed by atoms with Gasteiger partial charge in [-0.1, -0.05) is 6.07 Å². The van der Waals surface area contributed by atoms with Gasteiger partial charge in [0.25, 0.3) is 0 Å². The number of hydrogen-bond donors (Lipinski definition) is 1. The maximum absolute atomic E-state index is 12.2. The van der Waals surface area contributed by atoms with Crippen LogP contribution in [0.5, 0.6) is 11.5 Å². The van der Waals surface area contributed by atoms with Crippen molar-refractivity contribution in [2.75, 3.05) is 6.61 Å². The number of hydrogen-bond acceptors (Lipinski definition) is 5. The largest absolute Gasteiger partial charge is 0.573 e. The SMILES string of the molecule is O=C(O)c1cc2cc(-c3cscn3)ccc2n1CCOc1ccc(OC(F)(F)F)cc1. The zero-order chi connectivity index (χ0) is 22.0. The molecule has 0 unspecified atom stereocenters. The number of carboxylic acids is 1. The molecule has 0 saturated carbocycles. The van der Waals surface area contributed by atoms with Crippen LogP contribution in [0.2, 0.25) is 0 Å². The van der Waals surface area contributed by atoms with Crippen LogP contribution < -0.4 is 9.47 Å². The van der Waals surface area contributed by atoms with Crippen molar-refractivity contribution in [3.63, 3.8) is 0 Å². The van der Waals surface area contributed by atoms with Crippen LogP contribution in [-0.4, -0.2) is 33.6 Å². The van der Waals surface area contributed by atoms with Gasteiger partial charge in [0.1, 0.15) is 23.8 Å². The molecular formula is C21H15F3N2O4S. The van der Waals surface area contributed by atoms with Gasteiger partial charge < -0.3 is 19.1 Å². The number of thiazole rings is 1. The van der Waals surface area contributed by atoms with Gasteiger partial charge in [0.05, 0.1) is 17.7 Å². The molecule has 4 aromatic rings. The summed E-state index contributed by atoms with van der Waals surface area (Å²) in [5.41, 5.74) is 4.28. The number of aromatic nitrogens is 2. The molecule has 0 aliphatic heterocycles. The highest BCUT2D eigenvalue weighted by Crippen LogP contribution is 2.28. The first-order valence-electron chi connectivity index (χ1n) is 9.04. The average Bonchev–Trinajstić information content (AvgIpc) is 3.36. The molecule has 2 aromatic heterocycles. The van der Waals surface area contributed by atoms with Crippen LogP contribution in [0, 0.1) is 0 Å². The van der Waals surface area contributed by atoms with Gasteiger partial charge in [-0.15, -0.1) is 24.5 Å². The summed E-state index contributed by atoms with van der Waals surface area (Å²) in [4.78, 5) is 16.0. The van der Waals surface area contributed by atoms with E-state index in [0.29, 0.717) is 5.75 Å². The fourth-order valence-electron chi connectivity index (χ4n) is 3.20. The number of fused-ring (bicyclic) bond motifs is 1. The Labute approximate surface area is 178 Å². The summed E-state index contributed by atoms with van der Waals surface area (Å²) in [5.74, 6) is -1.07. The van der Waals surface area contributed by atoms with E-state index in [2.05, 4.69) is 9.72 Å². The van der Waals surface area contributed by atoms with Crippen molar-refractivity contribution in [2.24, 2.45) is 0 Å². The lowest BCUT2D eigenvalue weighted by atomic mass is 10.1. The van der Waals surface area contributed by atoms with E-state index in [1.807, 2.05) is 23.6 Å². The molecule has 0 amide bonds. The molecule has 0 aliphatic carbocycles.